The van der Waals surface area contributed by atoms with Crippen molar-refractivity contribution in [2.45, 2.75) is 84.0 Å². The Morgan fingerprint density at radius 2 is 1.92 bits per heavy atom. The first-order chi connectivity index (χ1) is 17.3. The van der Waals surface area contributed by atoms with Gasteiger partial charge < -0.3 is 19.7 Å². The largest absolute Gasteiger partial charge is 0.351 e. The number of carbonyl (C=O) groups is 2. The zero-order valence-corrected chi connectivity index (χ0v) is 22.4. The minimum absolute atomic E-state index is 0.0242. The molecule has 2 heterocycles. The molecule has 1 N–H and O–H groups in total. The van der Waals surface area contributed by atoms with Crippen LogP contribution in [0.4, 0.5) is 0 Å². The van der Waals surface area contributed by atoms with Crippen molar-refractivity contribution in [1.29, 1.82) is 0 Å². The zero-order chi connectivity index (χ0) is 25.7. The predicted molar refractivity (Wildman–Crippen MR) is 146 cm³/mol. The topological polar surface area (TPSA) is 57.6 Å². The molecule has 194 valence electrons. The van der Waals surface area contributed by atoms with Crippen LogP contribution in [0.1, 0.15) is 79.7 Å². The van der Waals surface area contributed by atoms with E-state index in [1.165, 1.54) is 12.0 Å². The highest BCUT2D eigenvalue weighted by molar-refractivity contribution is 6.00. The number of nitrogens with one attached hydrogen (secondary N) is 1. The Morgan fingerprint density at radius 3 is 2.61 bits per heavy atom. The van der Waals surface area contributed by atoms with Gasteiger partial charge in [-0.05, 0) is 76.9 Å². The van der Waals surface area contributed by atoms with Crippen LogP contribution in [0.5, 0.6) is 0 Å². The second-order valence-corrected chi connectivity index (χ2v) is 10.8. The highest BCUT2D eigenvalue weighted by Crippen LogP contribution is 2.32. The van der Waals surface area contributed by atoms with E-state index in [2.05, 4.69) is 46.1 Å². The van der Waals surface area contributed by atoms with Gasteiger partial charge in [-0.3, -0.25) is 9.59 Å². The second-order valence-electron chi connectivity index (χ2n) is 10.8. The smallest absolute Gasteiger partial charge is 0.271 e. The van der Waals surface area contributed by atoms with E-state index < -0.39 is 5.54 Å². The first-order valence-electron chi connectivity index (χ1n) is 13.5. The molecular formula is C30H42N4O2. The molecule has 0 radical (unpaired) electrons. The Kier molecular flexibility index (Phi) is 8.35. The van der Waals surface area contributed by atoms with E-state index in [1.54, 1.807) is 0 Å². The highest BCUT2D eigenvalue weighted by atomic mass is 16.2. The van der Waals surface area contributed by atoms with Crippen LogP contribution in [0, 0.1) is 6.92 Å². The van der Waals surface area contributed by atoms with Gasteiger partial charge in [0.05, 0.1) is 6.54 Å². The van der Waals surface area contributed by atoms with Crippen LogP contribution in [-0.2, 0) is 17.9 Å². The number of carbonyl (C=O) groups excluding carboxylic acids is 2. The van der Waals surface area contributed by atoms with Crippen LogP contribution in [0.3, 0.4) is 0 Å². The number of fused-ring (bicyclic) bond motifs is 1. The normalized spacial score (nSPS) is 20.8. The van der Waals surface area contributed by atoms with Crippen LogP contribution in [0.15, 0.2) is 42.5 Å². The lowest BCUT2D eigenvalue weighted by molar-refractivity contribution is -0.133. The van der Waals surface area contributed by atoms with Gasteiger partial charge >= 0.3 is 0 Å². The van der Waals surface area contributed by atoms with E-state index in [4.69, 9.17) is 0 Å². The number of hydrogen-bond donors (Lipinski definition) is 1. The van der Waals surface area contributed by atoms with Gasteiger partial charge in [-0.15, -0.1) is 0 Å². The molecule has 6 nitrogen and oxygen atoms in total. The number of hydrogen-bond acceptors (Lipinski definition) is 3. The van der Waals surface area contributed by atoms with Gasteiger partial charge in [-0.2, -0.15) is 0 Å². The van der Waals surface area contributed by atoms with Crippen molar-refractivity contribution in [3.63, 3.8) is 0 Å². The standard InChI is InChI=1S/C30H42N4O2/c1-5-13-26-23(2)20-27-28(35)34(19-12-18-32(4)21-24-14-8-6-9-15-24)30(3,22-33(26)27)29(36)31-25-16-10-7-11-17-25/h5-6,8-9,13-15,20,25H,7,10-12,16-19,21-22H2,1-4H3,(H,31,36)/b13-5-. The first-order valence-corrected chi connectivity index (χ1v) is 13.5. The van der Waals surface area contributed by atoms with Crippen molar-refractivity contribution in [3.05, 3.63) is 65.0 Å². The van der Waals surface area contributed by atoms with E-state index in [-0.39, 0.29) is 17.9 Å². The van der Waals surface area contributed by atoms with Crippen molar-refractivity contribution in [2.75, 3.05) is 20.1 Å². The molecule has 0 saturated heterocycles. The summed E-state index contributed by atoms with van der Waals surface area (Å²) in [6.45, 7) is 8.71. The number of nitrogens with zero attached hydrogens (tertiary/aromatic N) is 3. The summed E-state index contributed by atoms with van der Waals surface area (Å²) in [6, 6.07) is 12.6. The summed E-state index contributed by atoms with van der Waals surface area (Å²) in [7, 11) is 2.11. The van der Waals surface area contributed by atoms with E-state index in [0.29, 0.717) is 18.8 Å². The molecule has 1 atom stereocenters. The molecule has 0 bridgehead atoms. The number of aryl methyl sites for hydroxylation is 1. The van der Waals surface area contributed by atoms with Crippen LogP contribution in [0.2, 0.25) is 0 Å². The molecule has 2 amide bonds. The quantitative estimate of drug-likeness (QED) is 0.537. The van der Waals surface area contributed by atoms with E-state index in [1.807, 2.05) is 50.0 Å². The molecule has 2 aliphatic rings. The third-order valence-corrected chi connectivity index (χ3v) is 7.84. The Labute approximate surface area is 216 Å². The molecule has 0 spiro atoms. The van der Waals surface area contributed by atoms with Crippen molar-refractivity contribution in [2.24, 2.45) is 0 Å². The third kappa shape index (κ3) is 5.59. The third-order valence-electron chi connectivity index (χ3n) is 7.84. The fraction of sp³-hybridized carbons (Fsp3) is 0.533. The van der Waals surface area contributed by atoms with Crippen LogP contribution >= 0.6 is 0 Å². The van der Waals surface area contributed by atoms with Crippen molar-refractivity contribution < 1.29 is 9.59 Å². The monoisotopic (exact) mass is 490 g/mol. The Bertz CT molecular complexity index is 1080. The minimum atomic E-state index is -0.929. The molecular weight excluding hydrogens is 448 g/mol. The molecule has 2 aromatic rings. The Hall–Kier alpha value is -2.86. The Balaban J connectivity index is 1.53. The first kappa shape index (κ1) is 26.2. The molecule has 6 heteroatoms. The van der Waals surface area contributed by atoms with Crippen molar-refractivity contribution >= 4 is 17.9 Å². The fourth-order valence-corrected chi connectivity index (χ4v) is 5.79. The summed E-state index contributed by atoms with van der Waals surface area (Å²) in [4.78, 5) is 31.8. The predicted octanol–water partition coefficient (Wildman–Crippen LogP) is 5.02. The highest BCUT2D eigenvalue weighted by Gasteiger charge is 2.48. The lowest BCUT2D eigenvalue weighted by atomic mass is 9.91. The number of aromatic nitrogens is 1. The second kappa shape index (κ2) is 11.5. The summed E-state index contributed by atoms with van der Waals surface area (Å²) in [5, 5.41) is 3.33. The average Bonchev–Trinajstić information content (AvgIpc) is 3.17. The summed E-state index contributed by atoms with van der Waals surface area (Å²) >= 11 is 0. The van der Waals surface area contributed by atoms with E-state index >= 15 is 0 Å². The van der Waals surface area contributed by atoms with Crippen LogP contribution in [0.25, 0.3) is 6.08 Å². The lowest BCUT2D eigenvalue weighted by Gasteiger charge is -2.45. The van der Waals surface area contributed by atoms with Gasteiger partial charge in [-0.25, -0.2) is 0 Å². The number of benzene rings is 1. The van der Waals surface area contributed by atoms with E-state index in [9.17, 15) is 9.59 Å². The molecule has 36 heavy (non-hydrogen) atoms. The summed E-state index contributed by atoms with van der Waals surface area (Å²) in [5.74, 6) is -0.0732. The fourth-order valence-electron chi connectivity index (χ4n) is 5.79. The molecule has 1 aliphatic carbocycles. The minimum Gasteiger partial charge on any atom is -0.351 e. The molecule has 4 rings (SSSR count). The molecule has 1 unspecified atom stereocenters. The number of rotatable bonds is 9. The average molecular weight is 491 g/mol. The number of amides is 2. The maximum absolute atomic E-state index is 13.9. The maximum Gasteiger partial charge on any atom is 0.271 e. The van der Waals surface area contributed by atoms with Crippen molar-refractivity contribution in [1.82, 2.24) is 19.7 Å². The van der Waals surface area contributed by atoms with Gasteiger partial charge in [0.25, 0.3) is 5.91 Å². The summed E-state index contributed by atoms with van der Waals surface area (Å²) < 4.78 is 2.05. The van der Waals surface area contributed by atoms with Gasteiger partial charge in [-0.1, -0.05) is 55.7 Å². The number of allylic oxidation sites excluding steroid dienone is 1. The van der Waals surface area contributed by atoms with Gasteiger partial charge in [0.15, 0.2) is 0 Å². The lowest BCUT2D eigenvalue weighted by Crippen LogP contribution is -2.65. The molecule has 1 aromatic heterocycles. The summed E-state index contributed by atoms with van der Waals surface area (Å²) in [6.07, 6.45) is 10.4. The van der Waals surface area contributed by atoms with E-state index in [0.717, 1.165) is 56.5 Å². The Morgan fingerprint density at radius 1 is 1.19 bits per heavy atom. The van der Waals surface area contributed by atoms with Crippen LogP contribution < -0.4 is 5.32 Å². The SMILES string of the molecule is C/C=C\c1c(C)cc2n1CC(C)(C(=O)NC1CCCCC1)N(CCCN(C)Cc1ccccc1)C2=O. The van der Waals surface area contributed by atoms with Gasteiger partial charge in [0.1, 0.15) is 11.2 Å². The van der Waals surface area contributed by atoms with Gasteiger partial charge in [0, 0.05) is 24.8 Å². The van der Waals surface area contributed by atoms with Gasteiger partial charge in [0.2, 0.25) is 5.91 Å². The molecule has 1 fully saturated rings. The van der Waals surface area contributed by atoms with Crippen molar-refractivity contribution in [3.8, 4) is 0 Å². The molecule has 1 aliphatic heterocycles. The summed E-state index contributed by atoms with van der Waals surface area (Å²) in [5.41, 5.74) is 3.11. The zero-order valence-electron chi connectivity index (χ0n) is 22.4. The maximum atomic E-state index is 13.9. The van der Waals surface area contributed by atoms with Crippen LogP contribution in [-0.4, -0.2) is 57.9 Å². The molecule has 1 aromatic carbocycles. The molecule has 1 saturated carbocycles.